The zero-order chi connectivity index (χ0) is 12.9. The molecule has 0 aromatic heterocycles. The van der Waals surface area contributed by atoms with Gasteiger partial charge in [-0.1, -0.05) is 38.2 Å². The van der Waals surface area contributed by atoms with Crippen molar-refractivity contribution in [2.45, 2.75) is 71.6 Å². The highest BCUT2D eigenvalue weighted by Gasteiger charge is 2.01. The third-order valence-corrected chi connectivity index (χ3v) is 2.70. The van der Waals surface area contributed by atoms with E-state index >= 15 is 0 Å². The summed E-state index contributed by atoms with van der Waals surface area (Å²) in [5, 5.41) is 0. The SMILES string of the molecule is C=C(C)CCCCCCCCC(=O)OCCC. The van der Waals surface area contributed by atoms with Gasteiger partial charge in [0.2, 0.25) is 0 Å². The fourth-order valence-corrected chi connectivity index (χ4v) is 1.69. The molecule has 2 nitrogen and oxygen atoms in total. The number of hydrogen-bond donors (Lipinski definition) is 0. The minimum absolute atomic E-state index is 0.0332. The Morgan fingerprint density at radius 2 is 1.53 bits per heavy atom. The van der Waals surface area contributed by atoms with Crippen LogP contribution in [0.2, 0.25) is 0 Å². The van der Waals surface area contributed by atoms with E-state index in [0.29, 0.717) is 13.0 Å². The van der Waals surface area contributed by atoms with Crippen molar-refractivity contribution in [1.82, 2.24) is 0 Å². The molecular formula is C15H28O2. The van der Waals surface area contributed by atoms with E-state index in [2.05, 4.69) is 13.5 Å². The molecule has 0 aromatic rings. The number of ether oxygens (including phenoxy) is 1. The maximum absolute atomic E-state index is 11.2. The van der Waals surface area contributed by atoms with Gasteiger partial charge in [0.1, 0.15) is 0 Å². The van der Waals surface area contributed by atoms with Crippen molar-refractivity contribution < 1.29 is 9.53 Å². The molecule has 0 saturated carbocycles. The van der Waals surface area contributed by atoms with Crippen molar-refractivity contribution in [3.63, 3.8) is 0 Å². The van der Waals surface area contributed by atoms with Crippen molar-refractivity contribution in [2.75, 3.05) is 6.61 Å². The van der Waals surface area contributed by atoms with E-state index in [1.165, 1.54) is 31.3 Å². The number of hydrogen-bond acceptors (Lipinski definition) is 2. The van der Waals surface area contributed by atoms with Crippen molar-refractivity contribution in [3.8, 4) is 0 Å². The molecule has 0 unspecified atom stereocenters. The monoisotopic (exact) mass is 240 g/mol. The van der Waals surface area contributed by atoms with E-state index in [9.17, 15) is 4.79 Å². The summed E-state index contributed by atoms with van der Waals surface area (Å²) in [7, 11) is 0. The second-order valence-electron chi connectivity index (χ2n) is 4.80. The Labute approximate surface area is 106 Å². The fourth-order valence-electron chi connectivity index (χ4n) is 1.69. The van der Waals surface area contributed by atoms with Crippen LogP contribution in [-0.4, -0.2) is 12.6 Å². The van der Waals surface area contributed by atoms with Crippen molar-refractivity contribution in [1.29, 1.82) is 0 Å². The number of unbranched alkanes of at least 4 members (excludes halogenated alkanes) is 5. The van der Waals surface area contributed by atoms with Crippen LogP contribution in [0.3, 0.4) is 0 Å². The summed E-state index contributed by atoms with van der Waals surface area (Å²) in [6.07, 6.45) is 9.83. The maximum atomic E-state index is 11.2. The Kier molecular flexibility index (Phi) is 11.1. The Bertz CT molecular complexity index is 209. The smallest absolute Gasteiger partial charge is 0.305 e. The number of rotatable bonds is 11. The first kappa shape index (κ1) is 16.2. The lowest BCUT2D eigenvalue weighted by Crippen LogP contribution is -2.04. The molecule has 0 N–H and O–H groups in total. The zero-order valence-corrected chi connectivity index (χ0v) is 11.6. The molecule has 100 valence electrons. The van der Waals surface area contributed by atoms with Gasteiger partial charge in [-0.25, -0.2) is 0 Å². The van der Waals surface area contributed by atoms with Gasteiger partial charge in [0.15, 0.2) is 0 Å². The first-order chi connectivity index (χ1) is 8.16. The highest BCUT2D eigenvalue weighted by molar-refractivity contribution is 5.69. The van der Waals surface area contributed by atoms with Gasteiger partial charge in [0.05, 0.1) is 6.61 Å². The molecular weight excluding hydrogens is 212 g/mol. The molecule has 0 rings (SSSR count). The van der Waals surface area contributed by atoms with E-state index in [-0.39, 0.29) is 5.97 Å². The summed E-state index contributed by atoms with van der Waals surface area (Å²) in [5.41, 5.74) is 1.28. The minimum Gasteiger partial charge on any atom is -0.466 e. The van der Waals surface area contributed by atoms with Crippen LogP contribution < -0.4 is 0 Å². The zero-order valence-electron chi connectivity index (χ0n) is 11.6. The van der Waals surface area contributed by atoms with E-state index in [1.807, 2.05) is 6.92 Å². The number of esters is 1. The van der Waals surface area contributed by atoms with Crippen LogP contribution >= 0.6 is 0 Å². The highest BCUT2D eigenvalue weighted by atomic mass is 16.5. The average molecular weight is 240 g/mol. The Morgan fingerprint density at radius 1 is 1.00 bits per heavy atom. The van der Waals surface area contributed by atoms with Crippen LogP contribution in [0.15, 0.2) is 12.2 Å². The lowest BCUT2D eigenvalue weighted by Gasteiger charge is -2.03. The average Bonchev–Trinajstić information content (AvgIpc) is 2.29. The molecule has 0 atom stereocenters. The van der Waals surface area contributed by atoms with Crippen molar-refractivity contribution in [3.05, 3.63) is 12.2 Å². The lowest BCUT2D eigenvalue weighted by molar-refractivity contribution is -0.143. The van der Waals surface area contributed by atoms with Crippen LogP contribution in [0, 0.1) is 0 Å². The van der Waals surface area contributed by atoms with Crippen molar-refractivity contribution >= 4 is 5.97 Å². The predicted octanol–water partition coefficient (Wildman–Crippen LogP) is 4.64. The maximum Gasteiger partial charge on any atom is 0.305 e. The van der Waals surface area contributed by atoms with E-state index in [1.54, 1.807) is 0 Å². The van der Waals surface area contributed by atoms with Crippen molar-refractivity contribution in [2.24, 2.45) is 0 Å². The minimum atomic E-state index is -0.0332. The van der Waals surface area contributed by atoms with Crippen LogP contribution in [0.4, 0.5) is 0 Å². The standard InChI is InChI=1S/C15H28O2/c1-4-13-17-15(16)12-10-8-6-5-7-9-11-14(2)3/h2,4-13H2,1,3H3. The topological polar surface area (TPSA) is 26.3 Å². The number of allylic oxidation sites excluding steroid dienone is 1. The number of carbonyl (C=O) groups excluding carboxylic acids is 1. The predicted molar refractivity (Wildman–Crippen MR) is 73.0 cm³/mol. The van der Waals surface area contributed by atoms with Crippen LogP contribution in [0.5, 0.6) is 0 Å². The Hall–Kier alpha value is -0.790. The summed E-state index contributed by atoms with van der Waals surface area (Å²) in [5.74, 6) is -0.0332. The normalized spacial score (nSPS) is 10.2. The van der Waals surface area contributed by atoms with E-state index in [4.69, 9.17) is 4.74 Å². The molecule has 0 aromatic carbocycles. The molecule has 0 radical (unpaired) electrons. The molecule has 0 spiro atoms. The van der Waals surface area contributed by atoms with E-state index in [0.717, 1.165) is 25.7 Å². The quantitative estimate of drug-likeness (QED) is 0.299. The third kappa shape index (κ3) is 13.1. The summed E-state index contributed by atoms with van der Waals surface area (Å²) in [6, 6.07) is 0. The molecule has 17 heavy (non-hydrogen) atoms. The van der Waals surface area contributed by atoms with Crippen LogP contribution in [0.1, 0.15) is 71.6 Å². The molecule has 0 saturated heterocycles. The van der Waals surface area contributed by atoms with Gasteiger partial charge >= 0.3 is 5.97 Å². The van der Waals surface area contributed by atoms with Gasteiger partial charge in [-0.15, -0.1) is 6.58 Å². The molecule has 0 amide bonds. The molecule has 0 aliphatic heterocycles. The molecule has 2 heteroatoms. The largest absolute Gasteiger partial charge is 0.466 e. The molecule has 0 aliphatic carbocycles. The highest BCUT2D eigenvalue weighted by Crippen LogP contribution is 2.11. The third-order valence-electron chi connectivity index (χ3n) is 2.70. The summed E-state index contributed by atoms with van der Waals surface area (Å²) in [6.45, 7) is 8.56. The van der Waals surface area contributed by atoms with E-state index < -0.39 is 0 Å². The summed E-state index contributed by atoms with van der Waals surface area (Å²) in [4.78, 5) is 11.2. The Balaban J connectivity index is 3.12. The van der Waals surface area contributed by atoms with Gasteiger partial charge in [0.25, 0.3) is 0 Å². The second kappa shape index (κ2) is 11.7. The lowest BCUT2D eigenvalue weighted by atomic mass is 10.1. The molecule has 0 aliphatic rings. The van der Waals surface area contributed by atoms with Gasteiger partial charge in [0, 0.05) is 6.42 Å². The first-order valence-corrected chi connectivity index (χ1v) is 6.96. The molecule has 0 heterocycles. The van der Waals surface area contributed by atoms with Gasteiger partial charge in [-0.05, 0) is 32.6 Å². The Morgan fingerprint density at radius 3 is 2.06 bits per heavy atom. The number of carbonyl (C=O) groups is 1. The van der Waals surface area contributed by atoms with Gasteiger partial charge < -0.3 is 4.74 Å². The second-order valence-corrected chi connectivity index (χ2v) is 4.80. The fraction of sp³-hybridized carbons (Fsp3) is 0.800. The molecule has 0 fully saturated rings. The molecule has 0 bridgehead atoms. The summed E-state index contributed by atoms with van der Waals surface area (Å²) >= 11 is 0. The van der Waals surface area contributed by atoms with Crippen LogP contribution in [-0.2, 0) is 9.53 Å². The first-order valence-electron chi connectivity index (χ1n) is 6.96. The van der Waals surface area contributed by atoms with Crippen LogP contribution in [0.25, 0.3) is 0 Å². The van der Waals surface area contributed by atoms with Gasteiger partial charge in [-0.3, -0.25) is 4.79 Å². The van der Waals surface area contributed by atoms with Gasteiger partial charge in [-0.2, -0.15) is 0 Å². The summed E-state index contributed by atoms with van der Waals surface area (Å²) < 4.78 is 5.01.